The standard InChI is InChI=1S/C30H45FO2/c1-3-4-5-6-7-22-9-10-27-19-26(16-15-25(27)18-22)23-11-13-24(14-12-23)30(32)33-28-17-8-21(2)29(31)20-28/h8,17,20,22-27H,3-7,9-16,18-19H2,1-2H3. The number of carbonyl (C=O) groups excluding carboxylic acids is 1. The van der Waals surface area contributed by atoms with Gasteiger partial charge in [-0.3, -0.25) is 4.79 Å². The Labute approximate surface area is 201 Å². The third-order valence-corrected chi connectivity index (χ3v) is 9.36. The van der Waals surface area contributed by atoms with Crippen LogP contribution in [0.15, 0.2) is 18.2 Å². The van der Waals surface area contributed by atoms with E-state index in [1.807, 2.05) is 0 Å². The molecule has 33 heavy (non-hydrogen) atoms. The molecule has 4 rings (SSSR count). The quantitative estimate of drug-likeness (QED) is 0.222. The van der Waals surface area contributed by atoms with Crippen molar-refractivity contribution >= 4 is 5.97 Å². The van der Waals surface area contributed by atoms with Crippen LogP contribution in [0.2, 0.25) is 0 Å². The average Bonchev–Trinajstić information content (AvgIpc) is 2.84. The molecule has 3 aliphatic carbocycles. The van der Waals surface area contributed by atoms with Crippen molar-refractivity contribution < 1.29 is 13.9 Å². The minimum Gasteiger partial charge on any atom is -0.426 e. The summed E-state index contributed by atoms with van der Waals surface area (Å²) < 4.78 is 19.3. The molecular formula is C30H45FO2. The van der Waals surface area contributed by atoms with E-state index in [2.05, 4.69) is 6.92 Å². The highest BCUT2D eigenvalue weighted by molar-refractivity contribution is 5.75. The van der Waals surface area contributed by atoms with Crippen LogP contribution in [0, 0.1) is 48.2 Å². The van der Waals surface area contributed by atoms with Crippen LogP contribution in [0.1, 0.15) is 109 Å². The summed E-state index contributed by atoms with van der Waals surface area (Å²) in [5.41, 5.74) is 0.575. The fourth-order valence-electron chi connectivity index (χ4n) is 7.24. The molecule has 4 atom stereocenters. The van der Waals surface area contributed by atoms with E-state index in [0.717, 1.165) is 55.3 Å². The number of esters is 1. The van der Waals surface area contributed by atoms with Gasteiger partial charge in [-0.1, -0.05) is 51.5 Å². The summed E-state index contributed by atoms with van der Waals surface area (Å²) in [6.45, 7) is 4.02. The van der Waals surface area contributed by atoms with Crippen LogP contribution in [0.3, 0.4) is 0 Å². The van der Waals surface area contributed by atoms with E-state index in [-0.39, 0.29) is 17.7 Å². The summed E-state index contributed by atoms with van der Waals surface area (Å²) in [4.78, 5) is 12.6. The minimum absolute atomic E-state index is 0.0231. The van der Waals surface area contributed by atoms with Gasteiger partial charge in [-0.2, -0.15) is 0 Å². The lowest BCUT2D eigenvalue weighted by Crippen LogP contribution is -2.35. The summed E-state index contributed by atoms with van der Waals surface area (Å²) in [6, 6.07) is 4.70. The monoisotopic (exact) mass is 456 g/mol. The number of carbonyl (C=O) groups is 1. The minimum atomic E-state index is -0.315. The number of rotatable bonds is 8. The average molecular weight is 457 g/mol. The lowest BCUT2D eigenvalue weighted by Gasteiger charge is -2.45. The molecule has 4 unspecified atom stereocenters. The Hall–Kier alpha value is -1.38. The lowest BCUT2D eigenvalue weighted by molar-refractivity contribution is -0.140. The molecule has 0 N–H and O–H groups in total. The summed E-state index contributed by atoms with van der Waals surface area (Å²) in [6.07, 6.45) is 20.0. The topological polar surface area (TPSA) is 26.3 Å². The molecule has 2 nitrogen and oxygen atoms in total. The molecule has 1 aromatic rings. The van der Waals surface area contributed by atoms with Crippen molar-refractivity contribution in [2.24, 2.45) is 35.5 Å². The summed E-state index contributed by atoms with van der Waals surface area (Å²) in [5.74, 6) is 4.46. The van der Waals surface area contributed by atoms with Crippen molar-refractivity contribution in [3.05, 3.63) is 29.6 Å². The molecule has 0 aromatic heterocycles. The maximum atomic E-state index is 13.8. The van der Waals surface area contributed by atoms with Gasteiger partial charge in [0.15, 0.2) is 0 Å². The number of aryl methyl sites for hydroxylation is 1. The van der Waals surface area contributed by atoms with E-state index in [1.165, 1.54) is 76.7 Å². The van der Waals surface area contributed by atoms with Gasteiger partial charge < -0.3 is 4.74 Å². The largest absolute Gasteiger partial charge is 0.426 e. The molecule has 1 aromatic carbocycles. The molecule has 3 heteroatoms. The molecule has 3 fully saturated rings. The predicted octanol–water partition coefficient (Wildman–Crippen LogP) is 8.65. The van der Waals surface area contributed by atoms with Gasteiger partial charge in [0.25, 0.3) is 0 Å². The normalized spacial score (nSPS) is 32.2. The highest BCUT2D eigenvalue weighted by Gasteiger charge is 2.39. The first-order valence-corrected chi connectivity index (χ1v) is 14.0. The van der Waals surface area contributed by atoms with Gasteiger partial charge >= 0.3 is 5.97 Å². The van der Waals surface area contributed by atoms with Gasteiger partial charge in [-0.05, 0) is 106 Å². The van der Waals surface area contributed by atoms with Gasteiger partial charge in [-0.25, -0.2) is 4.39 Å². The summed E-state index contributed by atoms with van der Waals surface area (Å²) in [7, 11) is 0. The van der Waals surface area contributed by atoms with E-state index in [1.54, 1.807) is 19.1 Å². The second-order valence-electron chi connectivity index (χ2n) is 11.6. The Morgan fingerprint density at radius 3 is 2.27 bits per heavy atom. The number of hydrogen-bond donors (Lipinski definition) is 0. The van der Waals surface area contributed by atoms with Crippen LogP contribution in [0.4, 0.5) is 4.39 Å². The van der Waals surface area contributed by atoms with Crippen molar-refractivity contribution in [1.82, 2.24) is 0 Å². The Morgan fingerprint density at radius 2 is 1.55 bits per heavy atom. The highest BCUT2D eigenvalue weighted by Crippen LogP contribution is 2.49. The van der Waals surface area contributed by atoms with Crippen LogP contribution >= 0.6 is 0 Å². The third kappa shape index (κ3) is 6.61. The number of unbranched alkanes of at least 4 members (excludes halogenated alkanes) is 3. The second-order valence-corrected chi connectivity index (χ2v) is 11.6. The summed E-state index contributed by atoms with van der Waals surface area (Å²) >= 11 is 0. The van der Waals surface area contributed by atoms with Gasteiger partial charge in [0.1, 0.15) is 11.6 Å². The maximum Gasteiger partial charge on any atom is 0.314 e. The van der Waals surface area contributed by atoms with Crippen LogP contribution in [0.25, 0.3) is 0 Å². The van der Waals surface area contributed by atoms with Gasteiger partial charge in [0.2, 0.25) is 0 Å². The molecule has 0 amide bonds. The number of halogens is 1. The van der Waals surface area contributed by atoms with Crippen molar-refractivity contribution in [1.29, 1.82) is 0 Å². The molecule has 3 saturated carbocycles. The molecule has 0 bridgehead atoms. The molecule has 0 spiro atoms. The lowest BCUT2D eigenvalue weighted by atomic mass is 9.60. The SMILES string of the molecule is CCCCCCC1CCC2CC(C3CCC(C(=O)Oc4ccc(C)c(F)c4)CC3)CCC2C1. The molecular weight excluding hydrogens is 411 g/mol. The first-order valence-electron chi connectivity index (χ1n) is 14.0. The van der Waals surface area contributed by atoms with Gasteiger partial charge in [-0.15, -0.1) is 0 Å². The van der Waals surface area contributed by atoms with Crippen LogP contribution in [-0.4, -0.2) is 5.97 Å². The summed E-state index contributed by atoms with van der Waals surface area (Å²) in [5, 5.41) is 0. The molecule has 3 aliphatic rings. The van der Waals surface area contributed by atoms with Crippen molar-refractivity contribution in [3.8, 4) is 5.75 Å². The zero-order chi connectivity index (χ0) is 23.2. The van der Waals surface area contributed by atoms with Crippen molar-refractivity contribution in [2.45, 2.75) is 110 Å². The van der Waals surface area contributed by atoms with Crippen LogP contribution in [0.5, 0.6) is 5.75 Å². The molecule has 0 saturated heterocycles. The van der Waals surface area contributed by atoms with Crippen molar-refractivity contribution in [3.63, 3.8) is 0 Å². The number of fused-ring (bicyclic) bond motifs is 1. The first kappa shape index (κ1) is 24.7. The molecule has 184 valence electrons. The fourth-order valence-corrected chi connectivity index (χ4v) is 7.24. The Bertz CT molecular complexity index is 767. The fraction of sp³-hybridized carbons (Fsp3) is 0.767. The second kappa shape index (κ2) is 11.8. The van der Waals surface area contributed by atoms with E-state index < -0.39 is 0 Å². The highest BCUT2D eigenvalue weighted by atomic mass is 19.1. The maximum absolute atomic E-state index is 13.8. The Kier molecular flexibility index (Phi) is 8.88. The van der Waals surface area contributed by atoms with Gasteiger partial charge in [0, 0.05) is 6.07 Å². The van der Waals surface area contributed by atoms with E-state index in [4.69, 9.17) is 4.74 Å². The van der Waals surface area contributed by atoms with Crippen LogP contribution in [-0.2, 0) is 4.79 Å². The predicted molar refractivity (Wildman–Crippen MR) is 133 cm³/mol. The molecule has 0 radical (unpaired) electrons. The van der Waals surface area contributed by atoms with Crippen LogP contribution < -0.4 is 4.74 Å². The number of hydrogen-bond acceptors (Lipinski definition) is 2. The smallest absolute Gasteiger partial charge is 0.314 e. The third-order valence-electron chi connectivity index (χ3n) is 9.36. The first-order chi connectivity index (χ1) is 16.0. The molecule has 0 aliphatic heterocycles. The number of ether oxygens (including phenoxy) is 1. The van der Waals surface area contributed by atoms with E-state index in [0.29, 0.717) is 11.3 Å². The van der Waals surface area contributed by atoms with E-state index >= 15 is 0 Å². The van der Waals surface area contributed by atoms with Crippen molar-refractivity contribution in [2.75, 3.05) is 0 Å². The van der Waals surface area contributed by atoms with Gasteiger partial charge in [0.05, 0.1) is 5.92 Å². The molecule has 0 heterocycles. The zero-order valence-corrected chi connectivity index (χ0v) is 21.0. The zero-order valence-electron chi connectivity index (χ0n) is 21.0. The number of benzene rings is 1. The van der Waals surface area contributed by atoms with E-state index in [9.17, 15) is 9.18 Å². The Balaban J connectivity index is 1.19. The Morgan fingerprint density at radius 1 is 0.879 bits per heavy atom.